The predicted molar refractivity (Wildman–Crippen MR) is 65.3 cm³/mol. The van der Waals surface area contributed by atoms with Crippen molar-refractivity contribution in [2.24, 2.45) is 0 Å². The molecule has 2 heterocycles. The molecule has 1 aliphatic heterocycles. The Morgan fingerprint density at radius 1 is 1.39 bits per heavy atom. The fourth-order valence-electron chi connectivity index (χ4n) is 2.04. The largest absolute Gasteiger partial charge is 0.407 e. The van der Waals surface area contributed by atoms with Gasteiger partial charge in [-0.3, -0.25) is 0 Å². The van der Waals surface area contributed by atoms with Crippen LogP contribution in [0.4, 0.5) is 6.01 Å². The molecule has 0 spiro atoms. The van der Waals surface area contributed by atoms with Crippen LogP contribution in [0.15, 0.2) is 4.42 Å². The van der Waals surface area contributed by atoms with Gasteiger partial charge in [-0.15, -0.1) is 5.10 Å². The highest BCUT2D eigenvalue weighted by molar-refractivity contribution is 5.23. The van der Waals surface area contributed by atoms with Gasteiger partial charge >= 0.3 is 6.01 Å². The monoisotopic (exact) mass is 256 g/mol. The summed E-state index contributed by atoms with van der Waals surface area (Å²) < 4.78 is 10.7. The molecule has 18 heavy (non-hydrogen) atoms. The molecule has 0 aromatic carbocycles. The van der Waals surface area contributed by atoms with Gasteiger partial charge in [-0.1, -0.05) is 5.10 Å². The lowest BCUT2D eigenvalue weighted by atomic mass is 9.94. The number of nitrogens with one attached hydrogen (secondary N) is 1. The Kier molecular flexibility index (Phi) is 4.15. The van der Waals surface area contributed by atoms with Crippen LogP contribution in [0.3, 0.4) is 0 Å². The second-order valence-corrected chi connectivity index (χ2v) is 4.70. The second kappa shape index (κ2) is 5.64. The van der Waals surface area contributed by atoms with E-state index in [9.17, 15) is 5.11 Å². The van der Waals surface area contributed by atoms with Crippen molar-refractivity contribution in [3.05, 3.63) is 5.89 Å². The molecule has 0 bridgehead atoms. The Hall–Kier alpha value is -1.18. The molecule has 2 rings (SSSR count). The van der Waals surface area contributed by atoms with Crippen LogP contribution in [0.5, 0.6) is 0 Å². The Balaban J connectivity index is 1.95. The van der Waals surface area contributed by atoms with Crippen molar-refractivity contribution in [3.63, 3.8) is 0 Å². The van der Waals surface area contributed by atoms with Crippen molar-refractivity contribution in [1.29, 1.82) is 0 Å². The zero-order valence-corrected chi connectivity index (χ0v) is 10.8. The topological polar surface area (TPSA) is 83.7 Å². The molecular formula is C11H20N4O3. The van der Waals surface area contributed by atoms with Crippen molar-refractivity contribution in [3.8, 4) is 0 Å². The van der Waals surface area contributed by atoms with Gasteiger partial charge in [-0.05, 0) is 7.05 Å². The normalized spacial score (nSPS) is 18.8. The summed E-state index contributed by atoms with van der Waals surface area (Å²) in [5, 5.41) is 21.2. The summed E-state index contributed by atoms with van der Waals surface area (Å²) in [6, 6.07) is 0.431. The molecule has 1 saturated heterocycles. The number of hydrogen-bond acceptors (Lipinski definition) is 7. The van der Waals surface area contributed by atoms with Crippen molar-refractivity contribution >= 4 is 6.01 Å². The number of aliphatic hydroxyl groups is 1. The fraction of sp³-hybridized carbons (Fsp3) is 0.818. The summed E-state index contributed by atoms with van der Waals surface area (Å²) in [5.41, 5.74) is -0.732. The number of ether oxygens (including phenoxy) is 1. The van der Waals surface area contributed by atoms with Gasteiger partial charge in [0.2, 0.25) is 5.89 Å². The molecule has 1 aliphatic rings. The summed E-state index contributed by atoms with van der Waals surface area (Å²) in [4.78, 5) is 1.79. The maximum absolute atomic E-state index is 10.4. The molecule has 1 aromatic heterocycles. The summed E-state index contributed by atoms with van der Waals surface area (Å²) in [7, 11) is 3.66. The van der Waals surface area contributed by atoms with E-state index in [4.69, 9.17) is 9.15 Å². The number of nitrogens with zero attached hydrogens (tertiary/aromatic N) is 3. The van der Waals surface area contributed by atoms with Gasteiger partial charge in [0.05, 0.1) is 18.7 Å². The molecule has 0 atom stereocenters. The maximum atomic E-state index is 10.4. The lowest BCUT2D eigenvalue weighted by molar-refractivity contribution is -0.0576. The van der Waals surface area contributed by atoms with E-state index in [2.05, 4.69) is 15.5 Å². The molecule has 0 radical (unpaired) electrons. The van der Waals surface area contributed by atoms with Gasteiger partial charge in [-0.2, -0.15) is 0 Å². The van der Waals surface area contributed by atoms with E-state index < -0.39 is 5.60 Å². The molecular weight excluding hydrogens is 236 g/mol. The zero-order valence-electron chi connectivity index (χ0n) is 10.8. The summed E-state index contributed by atoms with van der Waals surface area (Å²) >= 11 is 0. The van der Waals surface area contributed by atoms with E-state index in [0.717, 1.165) is 0 Å². The molecule has 0 aliphatic carbocycles. The van der Waals surface area contributed by atoms with E-state index in [-0.39, 0.29) is 0 Å². The van der Waals surface area contributed by atoms with Crippen LogP contribution in [0, 0.1) is 0 Å². The third kappa shape index (κ3) is 3.18. The molecule has 2 N–H and O–H groups in total. The first-order chi connectivity index (χ1) is 8.63. The van der Waals surface area contributed by atoms with E-state index >= 15 is 0 Å². The van der Waals surface area contributed by atoms with Gasteiger partial charge in [0.1, 0.15) is 0 Å². The smallest absolute Gasteiger partial charge is 0.318 e. The first-order valence-electron chi connectivity index (χ1n) is 6.11. The van der Waals surface area contributed by atoms with Crippen molar-refractivity contribution < 1.29 is 14.3 Å². The van der Waals surface area contributed by atoms with Crippen LogP contribution in [0.1, 0.15) is 18.7 Å². The van der Waals surface area contributed by atoms with Gasteiger partial charge in [0.15, 0.2) is 0 Å². The maximum Gasteiger partial charge on any atom is 0.318 e. The molecule has 7 nitrogen and oxygen atoms in total. The molecule has 7 heteroatoms. The number of aromatic nitrogens is 2. The molecule has 1 fully saturated rings. The van der Waals surface area contributed by atoms with Crippen LogP contribution in [0.25, 0.3) is 0 Å². The zero-order chi connectivity index (χ0) is 13.0. The minimum absolute atomic E-state index is 0.431. The predicted octanol–water partition coefficient (Wildman–Crippen LogP) is -0.233. The second-order valence-electron chi connectivity index (χ2n) is 4.70. The van der Waals surface area contributed by atoms with Gasteiger partial charge < -0.3 is 24.5 Å². The third-order valence-corrected chi connectivity index (χ3v) is 3.07. The Bertz CT molecular complexity index is 376. The number of rotatable bonds is 5. The Morgan fingerprint density at radius 3 is 2.78 bits per heavy atom. The molecule has 102 valence electrons. The fourth-order valence-corrected chi connectivity index (χ4v) is 2.04. The summed E-state index contributed by atoms with van der Waals surface area (Å²) in [6.45, 7) is 2.20. The molecule has 0 amide bonds. The summed E-state index contributed by atoms with van der Waals surface area (Å²) in [5.74, 6) is 0.540. The van der Waals surface area contributed by atoms with E-state index in [1.165, 1.54) is 0 Å². The van der Waals surface area contributed by atoms with E-state index in [0.29, 0.717) is 51.1 Å². The van der Waals surface area contributed by atoms with Crippen molar-refractivity contribution in [1.82, 2.24) is 15.5 Å². The van der Waals surface area contributed by atoms with Crippen LogP contribution >= 0.6 is 0 Å². The number of likely N-dealkylation sites (N-methyl/N-ethyl adjacent to an activating group) is 1. The molecule has 0 unspecified atom stereocenters. The lowest BCUT2D eigenvalue weighted by Gasteiger charge is -2.34. The van der Waals surface area contributed by atoms with E-state index in [1.54, 1.807) is 4.90 Å². The highest BCUT2D eigenvalue weighted by atomic mass is 16.5. The minimum atomic E-state index is -0.732. The average Bonchev–Trinajstić information content (AvgIpc) is 2.78. The van der Waals surface area contributed by atoms with Crippen LogP contribution in [0.2, 0.25) is 0 Å². The first-order valence-corrected chi connectivity index (χ1v) is 6.11. The van der Waals surface area contributed by atoms with Gasteiger partial charge in [-0.25, -0.2) is 0 Å². The first kappa shape index (κ1) is 13.3. The van der Waals surface area contributed by atoms with Crippen molar-refractivity contribution in [2.45, 2.75) is 25.0 Å². The van der Waals surface area contributed by atoms with Gasteiger partial charge in [0.25, 0.3) is 0 Å². The van der Waals surface area contributed by atoms with Crippen LogP contribution in [-0.4, -0.2) is 54.8 Å². The number of anilines is 1. The van der Waals surface area contributed by atoms with Crippen LogP contribution in [-0.2, 0) is 11.3 Å². The van der Waals surface area contributed by atoms with Crippen molar-refractivity contribution in [2.75, 3.05) is 38.8 Å². The summed E-state index contributed by atoms with van der Waals surface area (Å²) in [6.07, 6.45) is 1.27. The highest BCUT2D eigenvalue weighted by Gasteiger charge is 2.32. The quantitative estimate of drug-likeness (QED) is 0.752. The molecule has 0 saturated carbocycles. The third-order valence-electron chi connectivity index (χ3n) is 3.07. The van der Waals surface area contributed by atoms with Gasteiger partial charge in [0, 0.05) is 33.1 Å². The van der Waals surface area contributed by atoms with Crippen LogP contribution < -0.4 is 10.2 Å². The Morgan fingerprint density at radius 2 is 2.11 bits per heavy atom. The minimum Gasteiger partial charge on any atom is -0.407 e. The van der Waals surface area contributed by atoms with E-state index in [1.807, 2.05) is 14.1 Å². The lowest BCUT2D eigenvalue weighted by Crippen LogP contribution is -2.45. The number of hydrogen-bond donors (Lipinski definition) is 2. The highest BCUT2D eigenvalue weighted by Crippen LogP contribution is 2.23. The standard InChI is InChI=1S/C11H20N4O3/c1-12-7-9-13-14-10(18-9)15(2)8-11(16)3-5-17-6-4-11/h12,16H,3-8H2,1-2H3. The Labute approximate surface area is 106 Å². The SMILES string of the molecule is CNCc1nnc(N(C)CC2(O)CCOCC2)o1. The molecule has 1 aromatic rings. The average molecular weight is 256 g/mol.